The predicted molar refractivity (Wildman–Crippen MR) is 182 cm³/mol. The van der Waals surface area contributed by atoms with Gasteiger partial charge in [-0.3, -0.25) is 14.6 Å². The van der Waals surface area contributed by atoms with Crippen molar-refractivity contribution >= 4 is 28.4 Å². The lowest BCUT2D eigenvalue weighted by atomic mass is 9.90. The predicted octanol–water partition coefficient (Wildman–Crippen LogP) is 6.20. The number of carbonyl (C=O) groups excluding carboxylic acids is 2. The van der Waals surface area contributed by atoms with Crippen molar-refractivity contribution in [3.05, 3.63) is 120 Å². The summed E-state index contributed by atoms with van der Waals surface area (Å²) in [6.07, 6.45) is 3.67. The minimum absolute atomic E-state index is 0.0479. The molecule has 5 aromatic rings. The van der Waals surface area contributed by atoms with Gasteiger partial charge in [0.25, 0.3) is 0 Å². The van der Waals surface area contributed by atoms with Crippen LogP contribution < -0.4 is 30.2 Å². The number of aromatic nitrogens is 1. The first-order valence-corrected chi connectivity index (χ1v) is 15.9. The number of halogens is 1. The fraction of sp³-hybridized carbons (Fsp3) is 0.237. The van der Waals surface area contributed by atoms with Crippen LogP contribution in [-0.2, 0) is 9.59 Å². The number of benzene rings is 4. The van der Waals surface area contributed by atoms with Gasteiger partial charge < -0.3 is 30.2 Å². The van der Waals surface area contributed by atoms with Gasteiger partial charge in [-0.2, -0.15) is 0 Å². The molecular formula is C38H37FN4O5. The van der Waals surface area contributed by atoms with Crippen LogP contribution in [0, 0.1) is 11.7 Å². The molecule has 48 heavy (non-hydrogen) atoms. The molecule has 1 fully saturated rings. The number of methoxy groups -OCH3 is 1. The monoisotopic (exact) mass is 648 g/mol. The number of nitrogens with zero attached hydrogens (tertiary/aromatic N) is 2. The molecule has 0 unspecified atom stereocenters. The SMILES string of the molecule is COc1cc2c(Oc3ccc(N(CC(c4ccccc4)c4ccccc4)C(=O)C(N)=O)cc3F)ccnc2cc1OCC1CCNCC1. The standard InChI is InChI=1S/C38H37FN4O5/c1-46-35-21-29-32(22-36(35)47-24-25-14-17-41-18-15-25)42-19-16-33(29)48-34-13-12-28(20-31(34)39)43(38(45)37(40)44)23-30(26-8-4-2-5-9-26)27-10-6-3-7-11-27/h2-13,16,19-22,25,30,41H,14-15,17-18,23-24H2,1H3,(H2,40,44). The van der Waals surface area contributed by atoms with Gasteiger partial charge in [0.1, 0.15) is 5.75 Å². The van der Waals surface area contributed by atoms with E-state index in [1.165, 1.54) is 23.1 Å². The van der Waals surface area contributed by atoms with Crippen LogP contribution in [0.25, 0.3) is 10.9 Å². The maximum atomic E-state index is 15.8. The Hall–Kier alpha value is -5.48. The van der Waals surface area contributed by atoms with E-state index in [-0.39, 0.29) is 23.9 Å². The van der Waals surface area contributed by atoms with Gasteiger partial charge in [0.2, 0.25) is 0 Å². The largest absolute Gasteiger partial charge is 0.493 e. The van der Waals surface area contributed by atoms with E-state index in [1.54, 1.807) is 31.5 Å². The molecule has 3 N–H and O–H groups in total. The van der Waals surface area contributed by atoms with Gasteiger partial charge in [-0.15, -0.1) is 0 Å². The second-order valence-corrected chi connectivity index (χ2v) is 11.7. The Morgan fingerprint density at radius 2 is 1.58 bits per heavy atom. The average molecular weight is 649 g/mol. The molecule has 0 atom stereocenters. The number of amides is 2. The summed E-state index contributed by atoms with van der Waals surface area (Å²) in [6, 6.07) is 28.5. The first kappa shape index (κ1) is 32.5. The van der Waals surface area contributed by atoms with Crippen LogP contribution in [0.4, 0.5) is 10.1 Å². The lowest BCUT2D eigenvalue weighted by molar-refractivity contribution is -0.135. The normalized spacial score (nSPS) is 13.3. The van der Waals surface area contributed by atoms with Gasteiger partial charge in [0.05, 0.1) is 19.2 Å². The van der Waals surface area contributed by atoms with Crippen molar-refractivity contribution in [2.75, 3.05) is 38.3 Å². The highest BCUT2D eigenvalue weighted by molar-refractivity contribution is 6.39. The number of nitrogens with two attached hydrogens (primary N) is 1. The molecule has 1 aliphatic heterocycles. The van der Waals surface area contributed by atoms with Gasteiger partial charge in [0.15, 0.2) is 23.1 Å². The van der Waals surface area contributed by atoms with Crippen molar-refractivity contribution in [1.82, 2.24) is 10.3 Å². The lowest BCUT2D eigenvalue weighted by Gasteiger charge is -2.28. The van der Waals surface area contributed by atoms with E-state index in [2.05, 4.69) is 10.3 Å². The number of fused-ring (bicyclic) bond motifs is 1. The highest BCUT2D eigenvalue weighted by atomic mass is 19.1. The third-order valence-corrected chi connectivity index (χ3v) is 8.59. The minimum Gasteiger partial charge on any atom is -0.493 e. The number of anilines is 1. The summed E-state index contributed by atoms with van der Waals surface area (Å²) in [7, 11) is 1.56. The van der Waals surface area contributed by atoms with Crippen molar-refractivity contribution in [2.24, 2.45) is 11.7 Å². The molecule has 0 radical (unpaired) electrons. The first-order chi connectivity index (χ1) is 23.4. The van der Waals surface area contributed by atoms with Crippen LogP contribution in [-0.4, -0.2) is 50.1 Å². The van der Waals surface area contributed by atoms with Crippen molar-refractivity contribution in [3.63, 3.8) is 0 Å². The highest BCUT2D eigenvalue weighted by Crippen LogP contribution is 2.39. The molecule has 2 amide bonds. The Balaban J connectivity index is 1.27. The van der Waals surface area contributed by atoms with Crippen LogP contribution in [0.1, 0.15) is 29.9 Å². The Morgan fingerprint density at radius 1 is 0.896 bits per heavy atom. The van der Waals surface area contributed by atoms with E-state index in [4.69, 9.17) is 19.9 Å². The Bertz CT molecular complexity index is 1840. The number of pyridine rings is 1. The number of hydrogen-bond donors (Lipinski definition) is 2. The molecule has 0 spiro atoms. The van der Waals surface area contributed by atoms with Crippen LogP contribution in [0.2, 0.25) is 0 Å². The number of primary amides is 1. The van der Waals surface area contributed by atoms with E-state index in [9.17, 15) is 9.59 Å². The summed E-state index contributed by atoms with van der Waals surface area (Å²) in [5.41, 5.74) is 8.07. The Morgan fingerprint density at radius 3 is 2.21 bits per heavy atom. The first-order valence-electron chi connectivity index (χ1n) is 15.9. The van der Waals surface area contributed by atoms with Crippen molar-refractivity contribution in [1.29, 1.82) is 0 Å². The third kappa shape index (κ3) is 7.39. The zero-order valence-electron chi connectivity index (χ0n) is 26.6. The van der Waals surface area contributed by atoms with Crippen LogP contribution in [0.15, 0.2) is 103 Å². The summed E-state index contributed by atoms with van der Waals surface area (Å²) in [5, 5.41) is 3.96. The molecule has 9 nitrogen and oxygen atoms in total. The topological polar surface area (TPSA) is 116 Å². The molecule has 246 valence electrons. The van der Waals surface area contributed by atoms with E-state index in [1.807, 2.05) is 60.7 Å². The molecule has 1 aliphatic rings. The molecule has 4 aromatic carbocycles. The quantitative estimate of drug-likeness (QED) is 0.164. The summed E-state index contributed by atoms with van der Waals surface area (Å²) in [5.74, 6) is -1.33. The van der Waals surface area contributed by atoms with E-state index in [0.29, 0.717) is 40.7 Å². The smallest absolute Gasteiger partial charge is 0.316 e. The molecule has 10 heteroatoms. The Kier molecular flexibility index (Phi) is 10.1. The Labute approximate surface area is 278 Å². The van der Waals surface area contributed by atoms with Crippen molar-refractivity contribution < 1.29 is 28.2 Å². The second kappa shape index (κ2) is 15.0. The van der Waals surface area contributed by atoms with Crippen molar-refractivity contribution in [3.8, 4) is 23.0 Å². The number of nitrogens with one attached hydrogen (secondary N) is 1. The number of carbonyl (C=O) groups is 2. The molecule has 0 saturated carbocycles. The van der Waals surface area contributed by atoms with Gasteiger partial charge in [-0.1, -0.05) is 60.7 Å². The molecule has 1 aromatic heterocycles. The van der Waals surface area contributed by atoms with E-state index >= 15 is 4.39 Å². The fourth-order valence-electron chi connectivity index (χ4n) is 6.00. The third-order valence-electron chi connectivity index (χ3n) is 8.59. The summed E-state index contributed by atoms with van der Waals surface area (Å²) in [6.45, 7) is 2.57. The van der Waals surface area contributed by atoms with Gasteiger partial charge in [-0.05, 0) is 67.2 Å². The summed E-state index contributed by atoms with van der Waals surface area (Å²) in [4.78, 5) is 31.0. The molecular weight excluding hydrogens is 611 g/mol. The fourth-order valence-corrected chi connectivity index (χ4v) is 6.00. The second-order valence-electron chi connectivity index (χ2n) is 11.7. The number of rotatable bonds is 11. The highest BCUT2D eigenvalue weighted by Gasteiger charge is 2.27. The number of piperidine rings is 1. The van der Waals surface area contributed by atoms with Gasteiger partial charge in [-0.25, -0.2) is 4.39 Å². The maximum Gasteiger partial charge on any atom is 0.316 e. The van der Waals surface area contributed by atoms with Crippen LogP contribution in [0.5, 0.6) is 23.0 Å². The summed E-state index contributed by atoms with van der Waals surface area (Å²) < 4.78 is 33.6. The van der Waals surface area contributed by atoms with Crippen molar-refractivity contribution in [2.45, 2.75) is 18.8 Å². The molecule has 1 saturated heterocycles. The van der Waals surface area contributed by atoms with Crippen LogP contribution >= 0.6 is 0 Å². The van der Waals surface area contributed by atoms with E-state index in [0.717, 1.165) is 37.1 Å². The van der Waals surface area contributed by atoms with E-state index < -0.39 is 17.6 Å². The maximum absolute atomic E-state index is 15.8. The van der Waals surface area contributed by atoms with Gasteiger partial charge >= 0.3 is 11.8 Å². The molecule has 6 rings (SSSR count). The average Bonchev–Trinajstić information content (AvgIpc) is 3.12. The number of hydrogen-bond acceptors (Lipinski definition) is 7. The van der Waals surface area contributed by atoms with Crippen LogP contribution in [0.3, 0.4) is 0 Å². The number of ether oxygens (including phenoxy) is 3. The van der Waals surface area contributed by atoms with Gasteiger partial charge in [0, 0.05) is 41.9 Å². The molecule has 0 aliphatic carbocycles. The zero-order valence-corrected chi connectivity index (χ0v) is 26.6. The molecule has 0 bridgehead atoms. The zero-order chi connectivity index (χ0) is 33.5. The summed E-state index contributed by atoms with van der Waals surface area (Å²) >= 11 is 0. The molecule has 2 heterocycles. The minimum atomic E-state index is -1.15. The lowest BCUT2D eigenvalue weighted by Crippen LogP contribution is -2.42.